The molecule has 0 atom stereocenters. The largest absolute Gasteiger partial charge is 0.399 e. The summed E-state index contributed by atoms with van der Waals surface area (Å²) >= 11 is 0. The highest BCUT2D eigenvalue weighted by atomic mass is 32.2. The van der Waals surface area contributed by atoms with Crippen molar-refractivity contribution in [3.8, 4) is 0 Å². The zero-order valence-corrected chi connectivity index (χ0v) is 10.1. The van der Waals surface area contributed by atoms with Crippen molar-refractivity contribution in [2.75, 3.05) is 12.0 Å². The molecule has 1 aromatic carbocycles. The Balaban J connectivity index is 2.18. The summed E-state index contributed by atoms with van der Waals surface area (Å²) in [6.07, 6.45) is 3.20. The molecule has 0 spiro atoms. The smallest absolute Gasteiger partial charge is 0.211 e. The van der Waals surface area contributed by atoms with Crippen LogP contribution in [0.2, 0.25) is 0 Å². The molecule has 0 unspecified atom stereocenters. The third-order valence-electron chi connectivity index (χ3n) is 2.67. The Kier molecular flexibility index (Phi) is 2.90. The van der Waals surface area contributed by atoms with Gasteiger partial charge in [-0.05, 0) is 30.5 Å². The van der Waals surface area contributed by atoms with Gasteiger partial charge >= 0.3 is 0 Å². The Morgan fingerprint density at radius 1 is 1.44 bits per heavy atom. The molecule has 0 aromatic heterocycles. The molecule has 4 nitrogen and oxygen atoms in total. The monoisotopic (exact) mass is 240 g/mol. The van der Waals surface area contributed by atoms with Gasteiger partial charge in [-0.25, -0.2) is 8.42 Å². The van der Waals surface area contributed by atoms with Crippen molar-refractivity contribution in [1.82, 2.24) is 4.31 Å². The highest BCUT2D eigenvalue weighted by molar-refractivity contribution is 7.88. The number of hydrogen-bond acceptors (Lipinski definition) is 3. The molecule has 0 amide bonds. The predicted octanol–water partition coefficient (Wildman–Crippen LogP) is 1.19. The summed E-state index contributed by atoms with van der Waals surface area (Å²) in [6, 6.07) is 7.55. The SMILES string of the molecule is CS(=O)(=O)N(Cc1cccc(N)c1)C1CC1. The lowest BCUT2D eigenvalue weighted by Gasteiger charge is -2.19. The molecule has 1 aromatic rings. The molecule has 1 aliphatic carbocycles. The fourth-order valence-electron chi connectivity index (χ4n) is 1.75. The minimum Gasteiger partial charge on any atom is -0.399 e. The van der Waals surface area contributed by atoms with Crippen molar-refractivity contribution >= 4 is 15.7 Å². The fraction of sp³-hybridized carbons (Fsp3) is 0.455. The average Bonchev–Trinajstić information content (AvgIpc) is 2.95. The average molecular weight is 240 g/mol. The van der Waals surface area contributed by atoms with Crippen molar-refractivity contribution in [2.24, 2.45) is 0 Å². The normalized spacial score (nSPS) is 16.6. The first-order valence-electron chi connectivity index (χ1n) is 5.28. The summed E-state index contributed by atoms with van der Waals surface area (Å²) < 4.78 is 24.8. The zero-order valence-electron chi connectivity index (χ0n) is 9.26. The number of nitrogens with two attached hydrogens (primary N) is 1. The number of hydrogen-bond donors (Lipinski definition) is 1. The lowest BCUT2D eigenvalue weighted by Crippen LogP contribution is -2.31. The zero-order chi connectivity index (χ0) is 11.8. The van der Waals surface area contributed by atoms with Gasteiger partial charge in [-0.3, -0.25) is 0 Å². The van der Waals surface area contributed by atoms with Gasteiger partial charge in [-0.2, -0.15) is 4.31 Å². The van der Waals surface area contributed by atoms with E-state index in [9.17, 15) is 8.42 Å². The molecule has 5 heteroatoms. The van der Waals surface area contributed by atoms with Gasteiger partial charge in [-0.15, -0.1) is 0 Å². The molecular weight excluding hydrogens is 224 g/mol. The van der Waals surface area contributed by atoms with E-state index in [1.54, 1.807) is 10.4 Å². The summed E-state index contributed by atoms with van der Waals surface area (Å²) in [5.74, 6) is 0. The third kappa shape index (κ3) is 2.74. The van der Waals surface area contributed by atoms with Gasteiger partial charge in [-0.1, -0.05) is 12.1 Å². The molecule has 16 heavy (non-hydrogen) atoms. The minimum absolute atomic E-state index is 0.191. The van der Waals surface area contributed by atoms with Crippen LogP contribution in [0.5, 0.6) is 0 Å². The second-order valence-corrected chi connectivity index (χ2v) is 6.22. The van der Waals surface area contributed by atoms with E-state index >= 15 is 0 Å². The minimum atomic E-state index is -3.12. The van der Waals surface area contributed by atoms with E-state index in [-0.39, 0.29) is 6.04 Å². The Morgan fingerprint density at radius 3 is 2.62 bits per heavy atom. The number of benzene rings is 1. The molecule has 0 saturated heterocycles. The summed E-state index contributed by atoms with van der Waals surface area (Å²) in [6.45, 7) is 0.425. The maximum Gasteiger partial charge on any atom is 0.211 e. The standard InChI is InChI=1S/C11H16N2O2S/c1-16(14,15)13(11-5-6-11)8-9-3-2-4-10(12)7-9/h2-4,7,11H,5-6,8,12H2,1H3. The summed E-state index contributed by atoms with van der Waals surface area (Å²) in [4.78, 5) is 0. The molecule has 1 fully saturated rings. The van der Waals surface area contributed by atoms with Crippen molar-refractivity contribution in [3.05, 3.63) is 29.8 Å². The maximum atomic E-state index is 11.6. The van der Waals surface area contributed by atoms with Gasteiger partial charge in [0.2, 0.25) is 10.0 Å². The summed E-state index contributed by atoms with van der Waals surface area (Å²) in [7, 11) is -3.12. The molecular formula is C11H16N2O2S. The Hall–Kier alpha value is -1.07. The molecule has 0 radical (unpaired) electrons. The van der Waals surface area contributed by atoms with Gasteiger partial charge < -0.3 is 5.73 Å². The van der Waals surface area contributed by atoms with Crippen LogP contribution in [0.1, 0.15) is 18.4 Å². The van der Waals surface area contributed by atoms with Gasteiger partial charge in [0.05, 0.1) is 6.26 Å². The van der Waals surface area contributed by atoms with Gasteiger partial charge in [0.1, 0.15) is 0 Å². The van der Waals surface area contributed by atoms with E-state index in [4.69, 9.17) is 5.73 Å². The molecule has 1 aliphatic rings. The summed E-state index contributed by atoms with van der Waals surface area (Å²) in [5.41, 5.74) is 7.28. The molecule has 0 bridgehead atoms. The van der Waals surface area contributed by atoms with E-state index in [1.807, 2.05) is 18.2 Å². The van der Waals surface area contributed by atoms with Crippen LogP contribution in [0.3, 0.4) is 0 Å². The first-order valence-corrected chi connectivity index (χ1v) is 7.13. The van der Waals surface area contributed by atoms with Crippen LogP contribution in [0.15, 0.2) is 24.3 Å². The number of nitrogens with zero attached hydrogens (tertiary/aromatic N) is 1. The first kappa shape index (κ1) is 11.4. The third-order valence-corrected chi connectivity index (χ3v) is 3.95. The lowest BCUT2D eigenvalue weighted by atomic mass is 10.2. The van der Waals surface area contributed by atoms with Crippen LogP contribution in [-0.2, 0) is 16.6 Å². The quantitative estimate of drug-likeness (QED) is 0.804. The van der Waals surface area contributed by atoms with Crippen LogP contribution in [-0.4, -0.2) is 25.0 Å². The first-order chi connectivity index (χ1) is 7.47. The predicted molar refractivity (Wildman–Crippen MR) is 64.3 cm³/mol. The van der Waals surface area contributed by atoms with Crippen LogP contribution in [0.4, 0.5) is 5.69 Å². The fourth-order valence-corrected chi connectivity index (χ4v) is 2.89. The topological polar surface area (TPSA) is 63.4 Å². The number of nitrogen functional groups attached to an aromatic ring is 1. The second-order valence-electron chi connectivity index (χ2n) is 4.28. The number of sulfonamides is 1. The van der Waals surface area contributed by atoms with Crippen LogP contribution in [0.25, 0.3) is 0 Å². The van der Waals surface area contributed by atoms with Gasteiger partial charge in [0, 0.05) is 18.3 Å². The van der Waals surface area contributed by atoms with Gasteiger partial charge in [0.25, 0.3) is 0 Å². The van der Waals surface area contributed by atoms with Crippen LogP contribution in [0, 0.1) is 0 Å². The van der Waals surface area contributed by atoms with Crippen molar-refractivity contribution < 1.29 is 8.42 Å². The van der Waals surface area contributed by atoms with Crippen LogP contribution < -0.4 is 5.73 Å². The van der Waals surface area contributed by atoms with E-state index in [1.165, 1.54) is 6.26 Å². The second kappa shape index (κ2) is 4.07. The molecule has 2 rings (SSSR count). The van der Waals surface area contributed by atoms with Gasteiger partial charge in [0.15, 0.2) is 0 Å². The van der Waals surface area contributed by atoms with E-state index < -0.39 is 10.0 Å². The highest BCUT2D eigenvalue weighted by Crippen LogP contribution is 2.30. The Labute approximate surface area is 96.1 Å². The van der Waals surface area contributed by atoms with E-state index in [0.717, 1.165) is 18.4 Å². The molecule has 88 valence electrons. The van der Waals surface area contributed by atoms with Crippen molar-refractivity contribution in [1.29, 1.82) is 0 Å². The lowest BCUT2D eigenvalue weighted by molar-refractivity contribution is 0.402. The molecule has 1 saturated carbocycles. The van der Waals surface area contributed by atoms with Crippen LogP contribution >= 0.6 is 0 Å². The summed E-state index contributed by atoms with van der Waals surface area (Å²) in [5, 5.41) is 0. The molecule has 0 heterocycles. The highest BCUT2D eigenvalue weighted by Gasteiger charge is 2.34. The van der Waals surface area contributed by atoms with Crippen molar-refractivity contribution in [3.63, 3.8) is 0 Å². The van der Waals surface area contributed by atoms with E-state index in [2.05, 4.69) is 0 Å². The molecule has 2 N–H and O–H groups in total. The Morgan fingerprint density at radius 2 is 2.12 bits per heavy atom. The number of rotatable bonds is 4. The number of anilines is 1. The van der Waals surface area contributed by atoms with E-state index in [0.29, 0.717) is 12.2 Å². The van der Waals surface area contributed by atoms with Crippen molar-refractivity contribution in [2.45, 2.75) is 25.4 Å². The molecule has 0 aliphatic heterocycles. The Bertz CT molecular complexity index is 481. The maximum absolute atomic E-state index is 11.6.